The molecule has 1 heterocycles. The number of carbonyl (C=O) groups excluding carboxylic acids is 1. The number of halogens is 3. The molecule has 8 heteroatoms. The monoisotopic (exact) mass is 240 g/mol. The summed E-state index contributed by atoms with van der Waals surface area (Å²) in [5.41, 5.74) is 0. The van der Waals surface area contributed by atoms with Gasteiger partial charge in [-0.05, 0) is 16.8 Å². The molecule has 0 atom stereocenters. The summed E-state index contributed by atoms with van der Waals surface area (Å²) in [6.07, 6.45) is 0. The Balaban J connectivity index is 3.15. The van der Waals surface area contributed by atoms with Crippen molar-refractivity contribution in [3.8, 4) is 0 Å². The highest BCUT2D eigenvalue weighted by Crippen LogP contribution is 2.27. The molecule has 0 aromatic carbocycles. The van der Waals surface area contributed by atoms with Gasteiger partial charge in [-0.2, -0.15) is 0 Å². The molecule has 0 aliphatic carbocycles. The quantitative estimate of drug-likeness (QED) is 0.557. The van der Waals surface area contributed by atoms with E-state index in [4.69, 9.17) is 34.8 Å². The lowest BCUT2D eigenvalue weighted by atomic mass is 10.5. The van der Waals surface area contributed by atoms with Crippen molar-refractivity contribution in [3.05, 3.63) is 10.2 Å². The molecule has 70 valence electrons. The molecule has 1 aromatic heterocycles. The lowest BCUT2D eigenvalue weighted by Crippen LogP contribution is -2.21. The van der Waals surface area contributed by atoms with Gasteiger partial charge in [-0.1, -0.05) is 23.2 Å². The third-order valence-electron chi connectivity index (χ3n) is 1.23. The summed E-state index contributed by atoms with van der Waals surface area (Å²) in [5, 5.41) is 9.42. The van der Waals surface area contributed by atoms with Gasteiger partial charge in [0, 0.05) is 7.05 Å². The van der Waals surface area contributed by atoms with Crippen molar-refractivity contribution in [2.24, 2.45) is 0 Å². The van der Waals surface area contributed by atoms with Crippen molar-refractivity contribution in [2.45, 2.75) is 0 Å². The first-order chi connectivity index (χ1) is 6.04. The lowest BCUT2D eigenvalue weighted by Gasteiger charge is -2.11. The third-order valence-corrected chi connectivity index (χ3v) is 2.19. The van der Waals surface area contributed by atoms with E-state index in [0.717, 1.165) is 4.90 Å². The van der Waals surface area contributed by atoms with Gasteiger partial charge in [0.15, 0.2) is 11.0 Å². The molecule has 1 amide bonds. The average Bonchev–Trinajstić information content (AvgIpc) is 2.08. The van der Waals surface area contributed by atoms with E-state index in [-0.39, 0.29) is 16.0 Å². The van der Waals surface area contributed by atoms with E-state index < -0.39 is 5.37 Å². The molecule has 0 aliphatic rings. The molecular weight excluding hydrogens is 238 g/mol. The normalized spacial score (nSPS) is 9.85. The summed E-state index contributed by atoms with van der Waals surface area (Å²) < 4.78 is 0. The van der Waals surface area contributed by atoms with Crippen LogP contribution < -0.4 is 4.90 Å². The molecule has 5 nitrogen and oxygen atoms in total. The number of hydrogen-bond acceptors (Lipinski definition) is 4. The maximum absolute atomic E-state index is 10.7. The highest BCUT2D eigenvalue weighted by molar-refractivity contribution is 6.66. The second kappa shape index (κ2) is 4.04. The van der Waals surface area contributed by atoms with E-state index in [2.05, 4.69) is 15.4 Å². The van der Waals surface area contributed by atoms with Gasteiger partial charge < -0.3 is 0 Å². The van der Waals surface area contributed by atoms with Gasteiger partial charge in [-0.15, -0.1) is 10.2 Å². The van der Waals surface area contributed by atoms with Crippen LogP contribution in [-0.2, 0) is 0 Å². The zero-order valence-corrected chi connectivity index (χ0v) is 8.60. The van der Waals surface area contributed by atoms with E-state index in [1.165, 1.54) is 7.05 Å². The molecule has 0 radical (unpaired) electrons. The molecule has 13 heavy (non-hydrogen) atoms. The Labute approximate surface area is 88.6 Å². The minimum absolute atomic E-state index is 0.0311. The van der Waals surface area contributed by atoms with Crippen LogP contribution >= 0.6 is 34.8 Å². The fourth-order valence-electron chi connectivity index (χ4n) is 0.582. The van der Waals surface area contributed by atoms with Gasteiger partial charge in [0.05, 0.1) is 0 Å². The van der Waals surface area contributed by atoms with Crippen LogP contribution in [0.5, 0.6) is 0 Å². The van der Waals surface area contributed by atoms with Crippen molar-refractivity contribution in [3.63, 3.8) is 0 Å². The molecule has 1 rings (SSSR count). The molecule has 0 aliphatic heterocycles. The van der Waals surface area contributed by atoms with Gasteiger partial charge in [-0.3, -0.25) is 9.69 Å². The Hall–Kier alpha value is -0.650. The van der Waals surface area contributed by atoms with Crippen LogP contribution in [0.4, 0.5) is 10.6 Å². The van der Waals surface area contributed by atoms with Gasteiger partial charge in [-0.25, -0.2) is 0 Å². The second-order valence-corrected chi connectivity index (χ2v) is 3.09. The maximum atomic E-state index is 10.7. The molecule has 0 N–H and O–H groups in total. The molecular formula is C5H3Cl3N4O. The summed E-state index contributed by atoms with van der Waals surface area (Å²) in [6.45, 7) is 0. The molecule has 0 unspecified atom stereocenters. The summed E-state index contributed by atoms with van der Waals surface area (Å²) in [6, 6.07) is 0. The topological polar surface area (TPSA) is 59.0 Å². The van der Waals surface area contributed by atoms with E-state index >= 15 is 0 Å². The smallest absolute Gasteiger partial charge is 0.283 e. The number of carbonyl (C=O) groups is 1. The van der Waals surface area contributed by atoms with Crippen molar-refractivity contribution < 1.29 is 4.79 Å². The van der Waals surface area contributed by atoms with Crippen LogP contribution in [0, 0.1) is 0 Å². The Morgan fingerprint density at radius 1 is 1.38 bits per heavy atom. The number of aromatic nitrogens is 3. The Kier molecular flexibility index (Phi) is 3.24. The average molecular weight is 241 g/mol. The van der Waals surface area contributed by atoms with Crippen molar-refractivity contribution >= 4 is 46.0 Å². The zero-order chi connectivity index (χ0) is 10.0. The van der Waals surface area contributed by atoms with Crippen molar-refractivity contribution in [1.82, 2.24) is 15.4 Å². The first kappa shape index (κ1) is 10.4. The van der Waals surface area contributed by atoms with E-state index in [0.29, 0.717) is 0 Å². The molecule has 0 saturated carbocycles. The number of rotatable bonds is 1. The van der Waals surface area contributed by atoms with E-state index in [1.54, 1.807) is 0 Å². The number of anilines is 1. The fourth-order valence-corrected chi connectivity index (χ4v) is 0.982. The minimum atomic E-state index is -0.738. The first-order valence-electron chi connectivity index (χ1n) is 3.01. The Morgan fingerprint density at radius 2 is 2.00 bits per heavy atom. The van der Waals surface area contributed by atoms with Gasteiger partial charge in [0.1, 0.15) is 5.02 Å². The van der Waals surface area contributed by atoms with Gasteiger partial charge in [0.2, 0.25) is 0 Å². The molecule has 0 saturated heterocycles. The third kappa shape index (κ3) is 2.18. The minimum Gasteiger partial charge on any atom is -0.283 e. The molecule has 0 spiro atoms. The van der Waals surface area contributed by atoms with E-state index in [1.807, 2.05) is 0 Å². The molecule has 0 bridgehead atoms. The summed E-state index contributed by atoms with van der Waals surface area (Å²) >= 11 is 16.4. The van der Waals surface area contributed by atoms with Crippen LogP contribution in [0.2, 0.25) is 10.2 Å². The zero-order valence-electron chi connectivity index (χ0n) is 6.33. The van der Waals surface area contributed by atoms with Gasteiger partial charge >= 0.3 is 5.37 Å². The van der Waals surface area contributed by atoms with Crippen LogP contribution in [-0.4, -0.2) is 27.8 Å². The maximum Gasteiger partial charge on any atom is 0.321 e. The number of nitrogens with zero attached hydrogens (tertiary/aromatic N) is 4. The highest BCUT2D eigenvalue weighted by Gasteiger charge is 2.16. The summed E-state index contributed by atoms with van der Waals surface area (Å²) in [4.78, 5) is 11.7. The SMILES string of the molecule is CN(C(=O)Cl)c1nnnc(Cl)c1Cl. The fraction of sp³-hybridized carbons (Fsp3) is 0.200. The number of hydrogen-bond donors (Lipinski definition) is 0. The lowest BCUT2D eigenvalue weighted by molar-refractivity contribution is 0.265. The van der Waals surface area contributed by atoms with Gasteiger partial charge in [0.25, 0.3) is 0 Å². The predicted molar refractivity (Wildman–Crippen MR) is 49.5 cm³/mol. The first-order valence-corrected chi connectivity index (χ1v) is 4.15. The van der Waals surface area contributed by atoms with E-state index in [9.17, 15) is 4.79 Å². The summed E-state index contributed by atoms with van der Waals surface area (Å²) in [5.74, 6) is 0.0710. The van der Waals surface area contributed by atoms with Crippen LogP contribution in [0.3, 0.4) is 0 Å². The highest BCUT2D eigenvalue weighted by atomic mass is 35.5. The molecule has 1 aromatic rings. The predicted octanol–water partition coefficient (Wildman–Crippen LogP) is 1.97. The second-order valence-electron chi connectivity index (χ2n) is 2.03. The van der Waals surface area contributed by atoms with Crippen LogP contribution in [0.25, 0.3) is 0 Å². The number of amides is 1. The molecule has 0 fully saturated rings. The standard InChI is InChI=1S/C5H3Cl3N4O/c1-12(5(8)13)4-2(6)3(7)9-11-10-4/h1H3. The van der Waals surface area contributed by atoms with Crippen LogP contribution in [0.1, 0.15) is 0 Å². The summed E-state index contributed by atoms with van der Waals surface area (Å²) in [7, 11) is 1.39. The largest absolute Gasteiger partial charge is 0.321 e. The van der Waals surface area contributed by atoms with Crippen LogP contribution in [0.15, 0.2) is 0 Å². The Bertz CT molecular complexity index is 345. The van der Waals surface area contributed by atoms with Crippen molar-refractivity contribution in [2.75, 3.05) is 11.9 Å². The Morgan fingerprint density at radius 3 is 2.54 bits per heavy atom. The van der Waals surface area contributed by atoms with Crippen molar-refractivity contribution in [1.29, 1.82) is 0 Å².